The number of benzene rings is 3. The van der Waals surface area contributed by atoms with Crippen molar-refractivity contribution >= 4 is 38.4 Å². The van der Waals surface area contributed by atoms with E-state index in [0.29, 0.717) is 59.8 Å². The SMILES string of the molecule is C=CC(=O)N1CCC(Oc2cc3c(Nc4ccc(Oc5ccn(-c6cnc(C)c(F)c6)n5)cc4F)ncnc3cc2OC)CC1.O=S(=O)(O)c1ccccc1. The Kier molecular flexibility index (Phi) is 11.6. The van der Waals surface area contributed by atoms with E-state index in [1.165, 1.54) is 53.6 Å². The van der Waals surface area contributed by atoms with Crippen molar-refractivity contribution in [3.05, 3.63) is 122 Å². The minimum atomic E-state index is -4.00. The zero-order valence-electron chi connectivity index (χ0n) is 29.6. The number of rotatable bonds is 10. The molecule has 0 unspecified atom stereocenters. The van der Waals surface area contributed by atoms with Gasteiger partial charge in [0.05, 0.1) is 40.8 Å². The fraction of sp³-hybridized carbons (Fsp3) is 0.184. The van der Waals surface area contributed by atoms with Gasteiger partial charge in [-0.1, -0.05) is 24.8 Å². The van der Waals surface area contributed by atoms with Crippen molar-refractivity contribution in [2.45, 2.75) is 30.8 Å². The number of anilines is 2. The van der Waals surface area contributed by atoms with E-state index >= 15 is 4.39 Å². The summed E-state index contributed by atoms with van der Waals surface area (Å²) in [5, 5.41) is 7.91. The van der Waals surface area contributed by atoms with Crippen LogP contribution in [-0.4, -0.2) is 74.8 Å². The van der Waals surface area contributed by atoms with Gasteiger partial charge in [-0.05, 0) is 43.3 Å². The van der Waals surface area contributed by atoms with Crippen molar-refractivity contribution in [1.29, 1.82) is 0 Å². The first kappa shape index (κ1) is 38.3. The fourth-order valence-electron chi connectivity index (χ4n) is 5.55. The Morgan fingerprint density at radius 2 is 1.75 bits per heavy atom. The minimum absolute atomic E-state index is 0.0741. The summed E-state index contributed by atoms with van der Waals surface area (Å²) in [6, 6.07) is 18.1. The van der Waals surface area contributed by atoms with E-state index in [2.05, 4.69) is 31.9 Å². The second-order valence-electron chi connectivity index (χ2n) is 12.1. The van der Waals surface area contributed by atoms with Crippen LogP contribution in [-0.2, 0) is 14.9 Å². The molecule has 4 heterocycles. The van der Waals surface area contributed by atoms with E-state index in [9.17, 15) is 17.6 Å². The van der Waals surface area contributed by atoms with Crippen LogP contribution in [0.5, 0.6) is 23.1 Å². The van der Waals surface area contributed by atoms with Gasteiger partial charge in [0.2, 0.25) is 11.8 Å². The quantitative estimate of drug-likeness (QED) is 0.110. The highest BCUT2D eigenvalue weighted by atomic mass is 32.2. The number of hydrogen-bond acceptors (Lipinski definition) is 11. The number of amides is 1. The average Bonchev–Trinajstić information content (AvgIpc) is 3.65. The van der Waals surface area contributed by atoms with Gasteiger partial charge in [-0.15, -0.1) is 5.10 Å². The summed E-state index contributed by atoms with van der Waals surface area (Å²) in [6.45, 7) is 6.25. The number of hydrogen-bond donors (Lipinski definition) is 2. The highest BCUT2D eigenvalue weighted by molar-refractivity contribution is 7.85. The Morgan fingerprint density at radius 3 is 2.40 bits per heavy atom. The van der Waals surface area contributed by atoms with Crippen molar-refractivity contribution in [2.75, 3.05) is 25.5 Å². The summed E-state index contributed by atoms with van der Waals surface area (Å²) in [5.74, 6) is 0.621. The van der Waals surface area contributed by atoms with E-state index in [4.69, 9.17) is 18.8 Å². The Hall–Kier alpha value is -6.46. The molecule has 0 bridgehead atoms. The summed E-state index contributed by atoms with van der Waals surface area (Å²) in [4.78, 5) is 26.3. The molecule has 1 aliphatic heterocycles. The molecule has 0 atom stereocenters. The third kappa shape index (κ3) is 9.38. The van der Waals surface area contributed by atoms with E-state index in [1.54, 1.807) is 67.6 Å². The molecule has 3 aromatic heterocycles. The number of halogens is 2. The van der Waals surface area contributed by atoms with Gasteiger partial charge < -0.3 is 24.4 Å². The number of aryl methyl sites for hydroxylation is 1. The minimum Gasteiger partial charge on any atom is -0.493 e. The summed E-state index contributed by atoms with van der Waals surface area (Å²) in [7, 11) is -2.46. The number of carbonyl (C=O) groups is 1. The summed E-state index contributed by atoms with van der Waals surface area (Å²) in [6.07, 6.45) is 6.95. The molecule has 1 fully saturated rings. The molecule has 2 N–H and O–H groups in total. The van der Waals surface area contributed by atoms with Gasteiger partial charge >= 0.3 is 0 Å². The van der Waals surface area contributed by atoms with Gasteiger partial charge in [-0.3, -0.25) is 14.3 Å². The molecule has 0 spiro atoms. The normalized spacial score (nSPS) is 13.1. The number of methoxy groups -OCH3 is 1. The van der Waals surface area contributed by atoms with E-state index in [0.717, 1.165) is 0 Å². The largest absolute Gasteiger partial charge is 0.493 e. The maximum absolute atomic E-state index is 15.3. The fourth-order valence-corrected chi connectivity index (χ4v) is 6.05. The molecule has 1 saturated heterocycles. The number of ether oxygens (including phenoxy) is 3. The molecule has 17 heteroatoms. The first-order valence-electron chi connectivity index (χ1n) is 16.8. The predicted molar refractivity (Wildman–Crippen MR) is 199 cm³/mol. The van der Waals surface area contributed by atoms with E-state index in [-0.39, 0.29) is 39.9 Å². The summed E-state index contributed by atoms with van der Waals surface area (Å²) >= 11 is 0. The van der Waals surface area contributed by atoms with Gasteiger partial charge in [0.25, 0.3) is 10.1 Å². The number of pyridine rings is 1. The molecule has 284 valence electrons. The van der Waals surface area contributed by atoms with Crippen LogP contribution in [0.1, 0.15) is 18.5 Å². The number of aromatic nitrogens is 5. The molecular formula is C38H35F2N7O7S. The molecule has 6 aromatic rings. The van der Waals surface area contributed by atoms with Crippen LogP contribution in [0, 0.1) is 18.6 Å². The molecule has 55 heavy (non-hydrogen) atoms. The monoisotopic (exact) mass is 771 g/mol. The van der Waals surface area contributed by atoms with Crippen molar-refractivity contribution in [3.8, 4) is 28.8 Å². The van der Waals surface area contributed by atoms with Gasteiger partial charge in [-0.2, -0.15) is 8.42 Å². The Balaban J connectivity index is 0.000000448. The number of carbonyl (C=O) groups excluding carboxylic acids is 1. The molecule has 0 radical (unpaired) electrons. The summed E-state index contributed by atoms with van der Waals surface area (Å²) in [5.41, 5.74) is 1.44. The number of likely N-dealkylation sites (tertiary alicyclic amines) is 1. The maximum Gasteiger partial charge on any atom is 0.294 e. The Morgan fingerprint density at radius 1 is 0.982 bits per heavy atom. The van der Waals surface area contributed by atoms with Crippen molar-refractivity contribution in [1.82, 2.24) is 29.6 Å². The molecule has 0 aliphatic carbocycles. The van der Waals surface area contributed by atoms with Crippen molar-refractivity contribution in [2.24, 2.45) is 0 Å². The molecular weight excluding hydrogens is 737 g/mol. The van der Waals surface area contributed by atoms with Gasteiger partial charge in [0.15, 0.2) is 11.5 Å². The van der Waals surface area contributed by atoms with Crippen LogP contribution >= 0.6 is 0 Å². The van der Waals surface area contributed by atoms with Crippen LogP contribution in [0.2, 0.25) is 0 Å². The Bertz CT molecular complexity index is 2440. The van der Waals surface area contributed by atoms with Crippen molar-refractivity contribution < 1.29 is 40.8 Å². The average molecular weight is 772 g/mol. The van der Waals surface area contributed by atoms with Crippen LogP contribution in [0.25, 0.3) is 16.6 Å². The lowest BCUT2D eigenvalue weighted by molar-refractivity contribution is -0.127. The third-order valence-corrected chi connectivity index (χ3v) is 9.31. The molecule has 14 nitrogen and oxygen atoms in total. The first-order valence-corrected chi connectivity index (χ1v) is 18.2. The second kappa shape index (κ2) is 16.7. The third-order valence-electron chi connectivity index (χ3n) is 8.44. The zero-order valence-corrected chi connectivity index (χ0v) is 30.4. The first-order chi connectivity index (χ1) is 26.4. The maximum atomic E-state index is 15.3. The highest BCUT2D eigenvalue weighted by Crippen LogP contribution is 2.37. The second-order valence-corrected chi connectivity index (χ2v) is 13.5. The van der Waals surface area contributed by atoms with Crippen LogP contribution < -0.4 is 19.5 Å². The van der Waals surface area contributed by atoms with Crippen molar-refractivity contribution in [3.63, 3.8) is 0 Å². The number of nitrogens with one attached hydrogen (secondary N) is 1. The van der Waals surface area contributed by atoms with Gasteiger partial charge in [-0.25, -0.2) is 23.4 Å². The molecule has 1 aliphatic rings. The number of piperidine rings is 1. The standard InChI is InChI=1S/C32H29F2N7O4.C6H6O3S/c1-4-31(42)40-10-7-21(8-11-40)44-29-15-23-27(16-28(29)43-3)36-18-37-32(23)38-26-6-5-22(14-25(26)34)45-30-9-12-41(39-30)20-13-24(33)19(2)35-17-20;7-10(8,9)6-4-2-1-3-5-6/h4-6,9,12-18,21H,1,7-8,10-11H2,2-3H3,(H,36,37,38);1-5H,(H,7,8,9). The highest BCUT2D eigenvalue weighted by Gasteiger charge is 2.24. The topological polar surface area (TPSA) is 171 Å². The zero-order chi connectivity index (χ0) is 39.1. The molecule has 7 rings (SSSR count). The van der Waals surface area contributed by atoms with Crippen LogP contribution in [0.4, 0.5) is 20.3 Å². The van der Waals surface area contributed by atoms with Gasteiger partial charge in [0.1, 0.15) is 35.6 Å². The lowest BCUT2D eigenvalue weighted by Gasteiger charge is -2.31. The number of nitrogens with zero attached hydrogens (tertiary/aromatic N) is 6. The van der Waals surface area contributed by atoms with Crippen LogP contribution in [0.3, 0.4) is 0 Å². The lowest BCUT2D eigenvalue weighted by Crippen LogP contribution is -2.41. The lowest BCUT2D eigenvalue weighted by atomic mass is 10.1. The Labute approximate surface area is 314 Å². The van der Waals surface area contributed by atoms with Crippen LogP contribution in [0.15, 0.2) is 109 Å². The molecule has 0 saturated carbocycles. The van der Waals surface area contributed by atoms with E-state index in [1.807, 2.05) is 0 Å². The molecule has 3 aromatic carbocycles. The predicted octanol–water partition coefficient (Wildman–Crippen LogP) is 6.83. The number of fused-ring (bicyclic) bond motifs is 1. The smallest absolute Gasteiger partial charge is 0.294 e. The van der Waals surface area contributed by atoms with Gasteiger partial charge in [0, 0.05) is 61.8 Å². The van der Waals surface area contributed by atoms with E-state index < -0.39 is 21.8 Å². The molecule has 1 amide bonds. The summed E-state index contributed by atoms with van der Waals surface area (Å²) < 4.78 is 77.4.